The fourth-order valence-corrected chi connectivity index (χ4v) is 2.74. The van der Waals surface area contributed by atoms with Crippen LogP contribution in [0.25, 0.3) is 0 Å². The second-order valence-electron chi connectivity index (χ2n) is 5.21. The van der Waals surface area contributed by atoms with E-state index in [4.69, 9.17) is 15.2 Å². The number of nitrogens with zero attached hydrogens (tertiary/aromatic N) is 3. The van der Waals surface area contributed by atoms with Crippen molar-refractivity contribution in [2.24, 2.45) is 0 Å². The minimum absolute atomic E-state index is 0.0446. The standard InChI is InChI=1S/C13H20N4O3/c14-12-3-6-17(15-12)10-1-4-16(5-2-10)13(18)11-9-19-7-8-20-11/h3,6,10-11H,1-2,4-5,7-9H2,(H2,14,15). The number of hydrogen-bond acceptors (Lipinski definition) is 5. The molecule has 1 aromatic heterocycles. The fraction of sp³-hybridized carbons (Fsp3) is 0.692. The normalized spacial score (nSPS) is 24.8. The lowest BCUT2D eigenvalue weighted by Gasteiger charge is -2.35. The van der Waals surface area contributed by atoms with E-state index < -0.39 is 6.10 Å². The molecular weight excluding hydrogens is 260 g/mol. The van der Waals surface area contributed by atoms with Crippen LogP contribution in [0.2, 0.25) is 0 Å². The summed E-state index contributed by atoms with van der Waals surface area (Å²) in [6.07, 6.45) is 3.25. The molecule has 2 fully saturated rings. The van der Waals surface area contributed by atoms with E-state index in [2.05, 4.69) is 5.10 Å². The van der Waals surface area contributed by atoms with E-state index in [0.29, 0.717) is 31.7 Å². The molecule has 3 rings (SSSR count). The van der Waals surface area contributed by atoms with E-state index in [9.17, 15) is 4.79 Å². The van der Waals surface area contributed by atoms with Gasteiger partial charge >= 0.3 is 0 Å². The van der Waals surface area contributed by atoms with Crippen LogP contribution in [0.3, 0.4) is 0 Å². The summed E-state index contributed by atoms with van der Waals surface area (Å²) < 4.78 is 12.6. The van der Waals surface area contributed by atoms with Crippen molar-refractivity contribution in [3.63, 3.8) is 0 Å². The third kappa shape index (κ3) is 2.78. The zero-order valence-electron chi connectivity index (χ0n) is 11.4. The average molecular weight is 280 g/mol. The molecule has 7 nitrogen and oxygen atoms in total. The van der Waals surface area contributed by atoms with Gasteiger partial charge in [-0.1, -0.05) is 0 Å². The summed E-state index contributed by atoms with van der Waals surface area (Å²) in [6, 6.07) is 2.12. The number of aromatic nitrogens is 2. The highest BCUT2D eigenvalue weighted by Gasteiger charge is 2.30. The molecule has 2 saturated heterocycles. The molecule has 110 valence electrons. The first-order valence-corrected chi connectivity index (χ1v) is 7.03. The molecule has 1 amide bonds. The number of nitrogens with two attached hydrogens (primary N) is 1. The van der Waals surface area contributed by atoms with Gasteiger partial charge in [0, 0.05) is 19.3 Å². The Labute approximate surface area is 117 Å². The van der Waals surface area contributed by atoms with Crippen molar-refractivity contribution in [2.45, 2.75) is 25.0 Å². The van der Waals surface area contributed by atoms with E-state index >= 15 is 0 Å². The number of piperidine rings is 1. The first kappa shape index (κ1) is 13.4. The Morgan fingerprint density at radius 2 is 2.15 bits per heavy atom. The quantitative estimate of drug-likeness (QED) is 0.827. The molecule has 0 spiro atoms. The molecule has 1 unspecified atom stereocenters. The first-order chi connectivity index (χ1) is 9.74. The summed E-state index contributed by atoms with van der Waals surface area (Å²) in [5.41, 5.74) is 5.63. The fourth-order valence-electron chi connectivity index (χ4n) is 2.74. The Bertz CT molecular complexity index is 462. The third-order valence-corrected chi connectivity index (χ3v) is 3.87. The molecule has 2 aliphatic heterocycles. The molecule has 0 aliphatic carbocycles. The van der Waals surface area contributed by atoms with Crippen molar-refractivity contribution in [1.29, 1.82) is 0 Å². The molecule has 0 bridgehead atoms. The number of likely N-dealkylation sites (tertiary alicyclic amines) is 1. The van der Waals surface area contributed by atoms with Gasteiger partial charge in [-0.2, -0.15) is 5.10 Å². The Balaban J connectivity index is 1.54. The Morgan fingerprint density at radius 3 is 2.75 bits per heavy atom. The summed E-state index contributed by atoms with van der Waals surface area (Å²) in [5, 5.41) is 4.24. The van der Waals surface area contributed by atoms with Gasteiger partial charge < -0.3 is 20.1 Å². The summed E-state index contributed by atoms with van der Waals surface area (Å²) in [7, 11) is 0. The molecule has 0 radical (unpaired) electrons. The predicted molar refractivity (Wildman–Crippen MR) is 72.0 cm³/mol. The van der Waals surface area contributed by atoms with Crippen molar-refractivity contribution in [1.82, 2.24) is 14.7 Å². The van der Waals surface area contributed by atoms with Crippen LogP contribution in [0.4, 0.5) is 5.82 Å². The van der Waals surface area contributed by atoms with Crippen molar-refractivity contribution < 1.29 is 14.3 Å². The highest BCUT2D eigenvalue weighted by atomic mass is 16.6. The van der Waals surface area contributed by atoms with Crippen molar-refractivity contribution in [3.8, 4) is 0 Å². The van der Waals surface area contributed by atoms with Gasteiger partial charge in [0.15, 0.2) is 6.10 Å². The summed E-state index contributed by atoms with van der Waals surface area (Å²) in [5.74, 6) is 0.583. The SMILES string of the molecule is Nc1ccn(C2CCN(C(=O)C3COCCO3)CC2)n1. The smallest absolute Gasteiger partial charge is 0.254 e. The first-order valence-electron chi connectivity index (χ1n) is 7.03. The zero-order chi connectivity index (χ0) is 13.9. The number of carbonyl (C=O) groups excluding carboxylic acids is 1. The zero-order valence-corrected chi connectivity index (χ0v) is 11.4. The topological polar surface area (TPSA) is 82.6 Å². The number of amides is 1. The van der Waals surface area contributed by atoms with E-state index in [-0.39, 0.29) is 5.91 Å². The van der Waals surface area contributed by atoms with Crippen molar-refractivity contribution in [3.05, 3.63) is 12.3 Å². The number of ether oxygens (including phenoxy) is 2. The molecule has 7 heteroatoms. The lowest BCUT2D eigenvalue weighted by atomic mass is 10.0. The molecule has 3 heterocycles. The van der Waals surface area contributed by atoms with Crippen LogP contribution < -0.4 is 5.73 Å². The van der Waals surface area contributed by atoms with E-state index in [1.54, 1.807) is 6.07 Å². The van der Waals surface area contributed by atoms with Gasteiger partial charge in [-0.3, -0.25) is 9.48 Å². The number of anilines is 1. The Kier molecular flexibility index (Phi) is 3.88. The molecule has 0 aromatic carbocycles. The van der Waals surface area contributed by atoms with Gasteiger partial charge in [-0.15, -0.1) is 0 Å². The highest BCUT2D eigenvalue weighted by Crippen LogP contribution is 2.23. The van der Waals surface area contributed by atoms with E-state index in [1.165, 1.54) is 0 Å². The Hall–Kier alpha value is -1.60. The average Bonchev–Trinajstić information content (AvgIpc) is 2.94. The second kappa shape index (κ2) is 5.80. The van der Waals surface area contributed by atoms with Crippen LogP contribution in [-0.2, 0) is 14.3 Å². The van der Waals surface area contributed by atoms with E-state index in [0.717, 1.165) is 25.9 Å². The predicted octanol–water partition coefficient (Wildman–Crippen LogP) is 0.0442. The minimum atomic E-state index is -0.430. The summed E-state index contributed by atoms with van der Waals surface area (Å²) in [6.45, 7) is 2.90. The molecular formula is C13H20N4O3. The van der Waals surface area contributed by atoms with Gasteiger partial charge in [-0.05, 0) is 18.9 Å². The number of hydrogen-bond donors (Lipinski definition) is 1. The lowest BCUT2D eigenvalue weighted by Crippen LogP contribution is -2.48. The molecule has 20 heavy (non-hydrogen) atoms. The van der Waals surface area contributed by atoms with Crippen LogP contribution in [0, 0.1) is 0 Å². The summed E-state index contributed by atoms with van der Waals surface area (Å²) >= 11 is 0. The maximum Gasteiger partial charge on any atom is 0.254 e. The minimum Gasteiger partial charge on any atom is -0.382 e. The Morgan fingerprint density at radius 1 is 1.35 bits per heavy atom. The van der Waals surface area contributed by atoms with Crippen LogP contribution >= 0.6 is 0 Å². The van der Waals surface area contributed by atoms with Crippen LogP contribution in [0.15, 0.2) is 12.3 Å². The van der Waals surface area contributed by atoms with Crippen molar-refractivity contribution in [2.75, 3.05) is 38.6 Å². The van der Waals surface area contributed by atoms with Crippen LogP contribution in [0.5, 0.6) is 0 Å². The largest absolute Gasteiger partial charge is 0.382 e. The van der Waals surface area contributed by atoms with Gasteiger partial charge in [-0.25, -0.2) is 0 Å². The molecule has 2 aliphatic rings. The maximum atomic E-state index is 12.3. The highest BCUT2D eigenvalue weighted by molar-refractivity contribution is 5.81. The van der Waals surface area contributed by atoms with Crippen LogP contribution in [0.1, 0.15) is 18.9 Å². The molecule has 1 aromatic rings. The molecule has 1 atom stereocenters. The van der Waals surface area contributed by atoms with E-state index in [1.807, 2.05) is 15.8 Å². The monoisotopic (exact) mass is 280 g/mol. The van der Waals surface area contributed by atoms with Gasteiger partial charge in [0.25, 0.3) is 5.91 Å². The van der Waals surface area contributed by atoms with Crippen molar-refractivity contribution >= 4 is 11.7 Å². The molecule has 0 saturated carbocycles. The number of rotatable bonds is 2. The lowest BCUT2D eigenvalue weighted by molar-refractivity contribution is -0.159. The van der Waals surface area contributed by atoms with Gasteiger partial charge in [0.05, 0.1) is 25.9 Å². The van der Waals surface area contributed by atoms with Gasteiger partial charge in [0.2, 0.25) is 0 Å². The number of carbonyl (C=O) groups is 1. The number of nitrogen functional groups attached to an aromatic ring is 1. The summed E-state index contributed by atoms with van der Waals surface area (Å²) in [4.78, 5) is 14.1. The maximum absolute atomic E-state index is 12.3. The molecule has 2 N–H and O–H groups in total. The van der Waals surface area contributed by atoms with Gasteiger partial charge in [0.1, 0.15) is 5.82 Å². The second-order valence-corrected chi connectivity index (χ2v) is 5.21. The van der Waals surface area contributed by atoms with Crippen LogP contribution in [-0.4, -0.2) is 59.6 Å². The third-order valence-electron chi connectivity index (χ3n) is 3.87.